The van der Waals surface area contributed by atoms with Gasteiger partial charge in [-0.1, -0.05) is 62.3 Å². The van der Waals surface area contributed by atoms with Crippen LogP contribution in [0.5, 0.6) is 0 Å². The third-order valence-electron chi connectivity index (χ3n) is 3.79. The lowest BCUT2D eigenvalue weighted by Gasteiger charge is -2.37. The molecule has 2 heteroatoms. The van der Waals surface area contributed by atoms with E-state index in [0.29, 0.717) is 12.3 Å². The Morgan fingerprint density at radius 2 is 1.47 bits per heavy atom. The van der Waals surface area contributed by atoms with Crippen LogP contribution in [0.25, 0.3) is 0 Å². The van der Waals surface area contributed by atoms with Crippen molar-refractivity contribution < 1.29 is 4.79 Å². The van der Waals surface area contributed by atoms with E-state index in [0.717, 1.165) is 19.5 Å². The molecule has 1 unspecified atom stereocenters. The number of hydrogen-bond donors (Lipinski definition) is 0. The molecule has 0 saturated carbocycles. The molecule has 0 bridgehead atoms. The fraction of sp³-hybridized carbons (Fsp3) is 0.941. The van der Waals surface area contributed by atoms with E-state index >= 15 is 0 Å². The van der Waals surface area contributed by atoms with Crippen molar-refractivity contribution in [2.24, 2.45) is 11.3 Å². The topological polar surface area (TPSA) is 20.3 Å². The highest BCUT2D eigenvalue weighted by Crippen LogP contribution is 2.31. The Hall–Kier alpha value is -0.530. The molecule has 19 heavy (non-hydrogen) atoms. The Balaban J connectivity index is -0.000000579. The molecule has 0 aliphatic heterocycles. The summed E-state index contributed by atoms with van der Waals surface area (Å²) < 4.78 is 0. The minimum atomic E-state index is 0.251. The first kappa shape index (κ1) is 23.6. The normalized spacial score (nSPS) is 12.6. The second kappa shape index (κ2) is 13.9. The monoisotopic (exact) mass is 273 g/mol. The molecule has 0 aromatic carbocycles. The van der Waals surface area contributed by atoms with Gasteiger partial charge in [-0.25, -0.2) is 0 Å². The summed E-state index contributed by atoms with van der Waals surface area (Å²) in [6.07, 6.45) is 1.74. The van der Waals surface area contributed by atoms with Gasteiger partial charge < -0.3 is 4.90 Å². The average molecular weight is 274 g/mol. The summed E-state index contributed by atoms with van der Waals surface area (Å²) in [5.41, 5.74) is 0.251. The largest absolute Gasteiger partial charge is 0.342 e. The first-order valence-electron chi connectivity index (χ1n) is 8.19. The predicted molar refractivity (Wildman–Crippen MR) is 88.5 cm³/mol. The number of carbonyl (C=O) groups excluding carboxylic acids is 1. The summed E-state index contributed by atoms with van der Waals surface area (Å²) in [7, 11) is 0. The van der Waals surface area contributed by atoms with Crippen LogP contribution in [0.15, 0.2) is 0 Å². The van der Waals surface area contributed by atoms with Crippen LogP contribution in [0.1, 0.15) is 82.1 Å². The molecular weight excluding hydrogens is 234 g/mol. The Bertz CT molecular complexity index is 201. The second-order valence-corrected chi connectivity index (χ2v) is 4.92. The molecule has 0 heterocycles. The van der Waals surface area contributed by atoms with Gasteiger partial charge in [-0.2, -0.15) is 0 Å². The summed E-state index contributed by atoms with van der Waals surface area (Å²) in [5, 5.41) is 0. The lowest BCUT2D eigenvalue weighted by atomic mass is 9.76. The standard InChI is InChI=1S/C13H27NO.2C2H6/c1-7-12(15)14(9-3)10-13(6,8-2)11(4)5;2*1-2/h11H,7-10H2,1-6H3;2*1-2H3. The molecule has 0 spiro atoms. The Labute approximate surface area is 123 Å². The molecule has 118 valence electrons. The van der Waals surface area contributed by atoms with E-state index in [1.54, 1.807) is 0 Å². The number of hydrogen-bond acceptors (Lipinski definition) is 1. The predicted octanol–water partition coefficient (Wildman–Crippen LogP) is 5.37. The zero-order valence-corrected chi connectivity index (χ0v) is 15.3. The third-order valence-corrected chi connectivity index (χ3v) is 3.79. The van der Waals surface area contributed by atoms with Gasteiger partial charge in [-0.05, 0) is 24.7 Å². The molecule has 0 saturated heterocycles. The maximum atomic E-state index is 11.7. The van der Waals surface area contributed by atoms with Gasteiger partial charge in [0.2, 0.25) is 5.91 Å². The number of nitrogens with zero attached hydrogens (tertiary/aromatic N) is 1. The molecule has 1 amide bonds. The van der Waals surface area contributed by atoms with Crippen LogP contribution >= 0.6 is 0 Å². The molecule has 0 fully saturated rings. The summed E-state index contributed by atoms with van der Waals surface area (Å²) in [6, 6.07) is 0. The van der Waals surface area contributed by atoms with Crippen LogP contribution in [-0.2, 0) is 4.79 Å². The van der Waals surface area contributed by atoms with Crippen LogP contribution < -0.4 is 0 Å². The quantitative estimate of drug-likeness (QED) is 0.637. The number of rotatable bonds is 6. The van der Waals surface area contributed by atoms with Crippen molar-refractivity contribution in [3.8, 4) is 0 Å². The maximum Gasteiger partial charge on any atom is 0.222 e. The van der Waals surface area contributed by atoms with Gasteiger partial charge in [-0.15, -0.1) is 0 Å². The van der Waals surface area contributed by atoms with Gasteiger partial charge in [0, 0.05) is 19.5 Å². The van der Waals surface area contributed by atoms with Gasteiger partial charge in [0.25, 0.3) is 0 Å². The van der Waals surface area contributed by atoms with Crippen LogP contribution in [0.4, 0.5) is 0 Å². The molecule has 0 aromatic rings. The lowest BCUT2D eigenvalue weighted by Crippen LogP contribution is -2.41. The van der Waals surface area contributed by atoms with Crippen molar-refractivity contribution >= 4 is 5.91 Å². The van der Waals surface area contributed by atoms with Crippen LogP contribution in [0.2, 0.25) is 0 Å². The summed E-state index contributed by atoms with van der Waals surface area (Å²) in [6.45, 7) is 22.7. The highest BCUT2D eigenvalue weighted by atomic mass is 16.2. The summed E-state index contributed by atoms with van der Waals surface area (Å²) >= 11 is 0. The molecule has 0 aliphatic carbocycles. The van der Waals surface area contributed by atoms with Gasteiger partial charge in [0.1, 0.15) is 0 Å². The molecule has 1 atom stereocenters. The third kappa shape index (κ3) is 9.07. The zero-order chi connectivity index (χ0) is 16.1. The SMILES string of the molecule is CC.CC.CCC(=O)N(CC)CC(C)(CC)C(C)C. The van der Waals surface area contributed by atoms with Crippen molar-refractivity contribution in [2.75, 3.05) is 13.1 Å². The van der Waals surface area contributed by atoms with Crippen molar-refractivity contribution in [1.82, 2.24) is 4.90 Å². The summed E-state index contributed by atoms with van der Waals surface area (Å²) in [5.74, 6) is 0.888. The average Bonchev–Trinajstić information content (AvgIpc) is 2.47. The fourth-order valence-electron chi connectivity index (χ4n) is 1.74. The van der Waals surface area contributed by atoms with Crippen LogP contribution in [-0.4, -0.2) is 23.9 Å². The van der Waals surface area contributed by atoms with Gasteiger partial charge >= 0.3 is 0 Å². The van der Waals surface area contributed by atoms with E-state index in [9.17, 15) is 4.79 Å². The van der Waals surface area contributed by atoms with E-state index in [-0.39, 0.29) is 11.3 Å². The van der Waals surface area contributed by atoms with Crippen molar-refractivity contribution in [3.05, 3.63) is 0 Å². The van der Waals surface area contributed by atoms with E-state index in [2.05, 4.69) is 34.6 Å². The van der Waals surface area contributed by atoms with Crippen LogP contribution in [0, 0.1) is 11.3 Å². The summed E-state index contributed by atoms with van der Waals surface area (Å²) in [4.78, 5) is 13.7. The van der Waals surface area contributed by atoms with Crippen molar-refractivity contribution in [2.45, 2.75) is 82.1 Å². The van der Waals surface area contributed by atoms with Gasteiger partial charge in [0.15, 0.2) is 0 Å². The van der Waals surface area contributed by atoms with E-state index < -0.39 is 0 Å². The van der Waals surface area contributed by atoms with Gasteiger partial charge in [-0.3, -0.25) is 4.79 Å². The first-order chi connectivity index (χ1) is 8.91. The Morgan fingerprint density at radius 3 is 1.68 bits per heavy atom. The molecular formula is C17H39NO. The highest BCUT2D eigenvalue weighted by Gasteiger charge is 2.29. The maximum absolute atomic E-state index is 11.7. The molecule has 0 radical (unpaired) electrons. The van der Waals surface area contributed by atoms with Crippen LogP contribution in [0.3, 0.4) is 0 Å². The Morgan fingerprint density at radius 1 is 1.05 bits per heavy atom. The highest BCUT2D eigenvalue weighted by molar-refractivity contribution is 5.75. The minimum absolute atomic E-state index is 0.251. The molecule has 0 aromatic heterocycles. The molecule has 0 N–H and O–H groups in total. The lowest BCUT2D eigenvalue weighted by molar-refractivity contribution is -0.132. The smallest absolute Gasteiger partial charge is 0.222 e. The number of carbonyl (C=O) groups is 1. The van der Waals surface area contributed by atoms with Gasteiger partial charge in [0.05, 0.1) is 0 Å². The molecule has 0 rings (SSSR count). The van der Waals surface area contributed by atoms with E-state index in [1.807, 2.05) is 39.5 Å². The zero-order valence-electron chi connectivity index (χ0n) is 15.3. The Kier molecular flexibility index (Phi) is 17.2. The molecule has 2 nitrogen and oxygen atoms in total. The van der Waals surface area contributed by atoms with Crippen molar-refractivity contribution in [3.63, 3.8) is 0 Å². The first-order valence-corrected chi connectivity index (χ1v) is 8.19. The second-order valence-electron chi connectivity index (χ2n) is 4.92. The van der Waals surface area contributed by atoms with E-state index in [1.165, 1.54) is 0 Å². The van der Waals surface area contributed by atoms with E-state index in [4.69, 9.17) is 0 Å². The molecule has 0 aliphatic rings. The number of amides is 1. The fourth-order valence-corrected chi connectivity index (χ4v) is 1.74. The van der Waals surface area contributed by atoms with Crippen molar-refractivity contribution in [1.29, 1.82) is 0 Å². The minimum Gasteiger partial charge on any atom is -0.342 e.